The topological polar surface area (TPSA) is 45.9 Å². The molecule has 2 aromatic rings. The number of hydrogen-bond donors (Lipinski definition) is 0. The molecular formula is C15H11ClN2O. The molecule has 0 bridgehead atoms. The molecule has 0 saturated heterocycles. The predicted molar refractivity (Wildman–Crippen MR) is 75.5 cm³/mol. The Bertz CT molecular complexity index is 627. The number of nitriles is 1. The molecular weight excluding hydrogens is 260 g/mol. The van der Waals surface area contributed by atoms with Gasteiger partial charge < -0.3 is 4.74 Å². The van der Waals surface area contributed by atoms with Gasteiger partial charge in [0.1, 0.15) is 11.8 Å². The zero-order valence-corrected chi connectivity index (χ0v) is 11.1. The summed E-state index contributed by atoms with van der Waals surface area (Å²) in [5, 5.41) is 9.67. The Kier molecular flexibility index (Phi) is 4.17. The molecule has 1 aromatic heterocycles. The number of halogens is 1. The van der Waals surface area contributed by atoms with Crippen molar-refractivity contribution in [1.29, 1.82) is 5.26 Å². The maximum absolute atomic E-state index is 9.27. The number of rotatable bonds is 3. The minimum Gasteiger partial charge on any atom is -0.497 e. The number of ether oxygens (including phenoxy) is 1. The summed E-state index contributed by atoms with van der Waals surface area (Å²) in [6.07, 6.45) is 3.27. The van der Waals surface area contributed by atoms with E-state index in [1.165, 1.54) is 0 Å². The highest BCUT2D eigenvalue weighted by molar-refractivity contribution is 6.53. The van der Waals surface area contributed by atoms with Crippen LogP contribution in [0.3, 0.4) is 0 Å². The zero-order valence-electron chi connectivity index (χ0n) is 10.3. The second-order valence-electron chi connectivity index (χ2n) is 3.77. The fourth-order valence-corrected chi connectivity index (χ4v) is 1.91. The largest absolute Gasteiger partial charge is 0.497 e. The van der Waals surface area contributed by atoms with E-state index >= 15 is 0 Å². The molecule has 2 rings (SSSR count). The van der Waals surface area contributed by atoms with Gasteiger partial charge in [-0.05, 0) is 35.9 Å². The van der Waals surface area contributed by atoms with Crippen molar-refractivity contribution in [3.8, 4) is 11.8 Å². The van der Waals surface area contributed by atoms with Gasteiger partial charge in [-0.1, -0.05) is 17.7 Å². The SMILES string of the molecule is COc1ccc(/C(Cl)=C(/C#N)c2cccnc2)cc1. The number of allylic oxidation sites excluding steroid dienone is 1. The zero-order chi connectivity index (χ0) is 13.7. The molecule has 0 aliphatic rings. The third kappa shape index (κ3) is 2.93. The van der Waals surface area contributed by atoms with Crippen LogP contribution in [0.2, 0.25) is 0 Å². The number of methoxy groups -OCH3 is 1. The molecule has 0 saturated carbocycles. The van der Waals surface area contributed by atoms with Gasteiger partial charge in [0.15, 0.2) is 0 Å². The Labute approximate surface area is 116 Å². The lowest BCUT2D eigenvalue weighted by molar-refractivity contribution is 0.415. The van der Waals surface area contributed by atoms with Crippen molar-refractivity contribution in [2.45, 2.75) is 0 Å². The van der Waals surface area contributed by atoms with Crippen molar-refractivity contribution >= 4 is 22.2 Å². The standard InChI is InChI=1S/C15H11ClN2O/c1-19-13-6-4-11(5-7-13)15(16)14(9-17)12-3-2-8-18-10-12/h2-8,10H,1H3/b15-14+. The maximum atomic E-state index is 9.27. The molecule has 0 atom stereocenters. The maximum Gasteiger partial charge on any atom is 0.118 e. The summed E-state index contributed by atoms with van der Waals surface area (Å²) in [7, 11) is 1.60. The van der Waals surface area contributed by atoms with Crippen LogP contribution in [0.4, 0.5) is 0 Å². The lowest BCUT2D eigenvalue weighted by atomic mass is 10.1. The first-order valence-corrected chi connectivity index (χ1v) is 5.98. The fourth-order valence-electron chi connectivity index (χ4n) is 1.63. The first-order chi connectivity index (χ1) is 9.26. The molecule has 94 valence electrons. The van der Waals surface area contributed by atoms with Gasteiger partial charge in [0, 0.05) is 18.0 Å². The number of aromatic nitrogens is 1. The molecule has 0 N–H and O–H groups in total. The van der Waals surface area contributed by atoms with Crippen LogP contribution in [0.1, 0.15) is 11.1 Å². The summed E-state index contributed by atoms with van der Waals surface area (Å²) >= 11 is 6.29. The van der Waals surface area contributed by atoms with Crippen LogP contribution in [0.15, 0.2) is 48.8 Å². The van der Waals surface area contributed by atoms with Crippen molar-refractivity contribution < 1.29 is 4.74 Å². The van der Waals surface area contributed by atoms with Crippen LogP contribution in [0, 0.1) is 11.3 Å². The van der Waals surface area contributed by atoms with Gasteiger partial charge in [0.2, 0.25) is 0 Å². The summed E-state index contributed by atoms with van der Waals surface area (Å²) in [6.45, 7) is 0. The Morgan fingerprint density at radius 2 is 1.95 bits per heavy atom. The molecule has 0 unspecified atom stereocenters. The van der Waals surface area contributed by atoms with Crippen LogP contribution in [0.5, 0.6) is 5.75 Å². The van der Waals surface area contributed by atoms with Gasteiger partial charge in [-0.25, -0.2) is 0 Å². The molecule has 0 fully saturated rings. The van der Waals surface area contributed by atoms with Crippen LogP contribution in [-0.2, 0) is 0 Å². The van der Waals surface area contributed by atoms with Crippen LogP contribution < -0.4 is 4.74 Å². The van der Waals surface area contributed by atoms with E-state index in [0.717, 1.165) is 11.3 Å². The van der Waals surface area contributed by atoms with Gasteiger partial charge in [0.25, 0.3) is 0 Å². The van der Waals surface area contributed by atoms with E-state index in [2.05, 4.69) is 11.1 Å². The Morgan fingerprint density at radius 1 is 1.21 bits per heavy atom. The van der Waals surface area contributed by atoms with Crippen LogP contribution in [0.25, 0.3) is 10.6 Å². The van der Waals surface area contributed by atoms with Gasteiger partial charge >= 0.3 is 0 Å². The molecule has 0 radical (unpaired) electrons. The van der Waals surface area contributed by atoms with E-state index in [-0.39, 0.29) is 0 Å². The molecule has 4 heteroatoms. The molecule has 0 amide bonds. The smallest absolute Gasteiger partial charge is 0.118 e. The van der Waals surface area contributed by atoms with E-state index in [9.17, 15) is 5.26 Å². The minimum atomic E-state index is 0.401. The van der Waals surface area contributed by atoms with E-state index in [1.54, 1.807) is 43.8 Å². The molecule has 1 aromatic carbocycles. The molecule has 0 aliphatic carbocycles. The highest BCUT2D eigenvalue weighted by atomic mass is 35.5. The number of hydrogen-bond acceptors (Lipinski definition) is 3. The summed E-state index contributed by atoms with van der Waals surface area (Å²) in [5.41, 5.74) is 1.87. The minimum absolute atomic E-state index is 0.401. The van der Waals surface area contributed by atoms with E-state index in [0.29, 0.717) is 16.2 Å². The highest BCUT2D eigenvalue weighted by Gasteiger charge is 2.09. The summed E-state index contributed by atoms with van der Waals surface area (Å²) in [5.74, 6) is 0.744. The first-order valence-electron chi connectivity index (χ1n) is 5.61. The summed E-state index contributed by atoms with van der Waals surface area (Å²) < 4.78 is 5.09. The second-order valence-corrected chi connectivity index (χ2v) is 4.15. The monoisotopic (exact) mass is 270 g/mol. The molecule has 19 heavy (non-hydrogen) atoms. The molecule has 0 spiro atoms. The average molecular weight is 271 g/mol. The average Bonchev–Trinajstić information content (AvgIpc) is 2.49. The van der Waals surface area contributed by atoms with Gasteiger partial charge in [-0.2, -0.15) is 5.26 Å². The normalized spacial score (nSPS) is 11.4. The third-order valence-corrected chi connectivity index (χ3v) is 3.03. The second kappa shape index (κ2) is 6.03. The van der Waals surface area contributed by atoms with Crippen molar-refractivity contribution in [1.82, 2.24) is 4.98 Å². The summed E-state index contributed by atoms with van der Waals surface area (Å²) in [4.78, 5) is 3.99. The predicted octanol–water partition coefficient (Wildman–Crippen LogP) is 3.72. The van der Waals surface area contributed by atoms with E-state index in [4.69, 9.17) is 16.3 Å². The fraction of sp³-hybridized carbons (Fsp3) is 0.0667. The Hall–Kier alpha value is -2.31. The number of nitrogens with zero attached hydrogens (tertiary/aromatic N) is 2. The molecule has 1 heterocycles. The number of pyridine rings is 1. The number of benzene rings is 1. The van der Waals surface area contributed by atoms with Gasteiger partial charge in [0.05, 0.1) is 17.7 Å². The lowest BCUT2D eigenvalue weighted by Crippen LogP contribution is -1.88. The summed E-state index contributed by atoms with van der Waals surface area (Å²) in [6, 6.07) is 12.9. The lowest BCUT2D eigenvalue weighted by Gasteiger charge is -2.05. The van der Waals surface area contributed by atoms with E-state index in [1.807, 2.05) is 12.1 Å². The first kappa shape index (κ1) is 13.1. The van der Waals surface area contributed by atoms with Crippen molar-refractivity contribution in [2.24, 2.45) is 0 Å². The third-order valence-electron chi connectivity index (χ3n) is 2.62. The van der Waals surface area contributed by atoms with Crippen molar-refractivity contribution in [3.63, 3.8) is 0 Å². The Balaban J connectivity index is 2.46. The molecule has 3 nitrogen and oxygen atoms in total. The molecule has 0 aliphatic heterocycles. The Morgan fingerprint density at radius 3 is 2.47 bits per heavy atom. The quantitative estimate of drug-likeness (QED) is 0.799. The van der Waals surface area contributed by atoms with Crippen molar-refractivity contribution in [2.75, 3.05) is 7.11 Å². The van der Waals surface area contributed by atoms with Crippen LogP contribution >= 0.6 is 11.6 Å². The highest BCUT2D eigenvalue weighted by Crippen LogP contribution is 2.29. The van der Waals surface area contributed by atoms with Gasteiger partial charge in [-0.3, -0.25) is 4.98 Å². The van der Waals surface area contributed by atoms with Crippen molar-refractivity contribution in [3.05, 3.63) is 59.9 Å². The van der Waals surface area contributed by atoms with E-state index < -0.39 is 0 Å². The van der Waals surface area contributed by atoms with Crippen LogP contribution in [-0.4, -0.2) is 12.1 Å². The van der Waals surface area contributed by atoms with Gasteiger partial charge in [-0.15, -0.1) is 0 Å².